The number of anilines is 1. The number of carbonyl (C=O) groups excluding carboxylic acids is 1. The van der Waals surface area contributed by atoms with Crippen LogP contribution >= 0.6 is 23.7 Å². The molecule has 4 rings (SSSR count). The van der Waals surface area contributed by atoms with E-state index in [1.165, 1.54) is 48.5 Å². The van der Waals surface area contributed by atoms with Gasteiger partial charge >= 0.3 is 0 Å². The highest BCUT2D eigenvalue weighted by Crippen LogP contribution is 2.34. The van der Waals surface area contributed by atoms with Gasteiger partial charge in [-0.2, -0.15) is 0 Å². The van der Waals surface area contributed by atoms with E-state index in [1.54, 1.807) is 41.8 Å². The van der Waals surface area contributed by atoms with Gasteiger partial charge in [0.15, 0.2) is 0 Å². The number of hydrogen-bond acceptors (Lipinski definition) is 6. The number of carbonyl (C=O) groups is 1. The molecule has 0 saturated carbocycles. The van der Waals surface area contributed by atoms with E-state index < -0.39 is 22.0 Å². The van der Waals surface area contributed by atoms with E-state index in [1.807, 2.05) is 0 Å². The molecule has 2 heterocycles. The Bertz CT molecular complexity index is 1260. The first-order valence-corrected chi connectivity index (χ1v) is 12.1. The smallest absolute Gasteiger partial charge is 0.264 e. The fourth-order valence-corrected chi connectivity index (χ4v) is 5.32. The molecule has 11 heteroatoms. The van der Waals surface area contributed by atoms with Gasteiger partial charge < -0.3 is 10.0 Å². The van der Waals surface area contributed by atoms with E-state index in [2.05, 4.69) is 14.8 Å². The molecule has 0 spiro atoms. The minimum absolute atomic E-state index is 0.0440. The van der Waals surface area contributed by atoms with Crippen LogP contribution in [0.3, 0.4) is 0 Å². The molecule has 3 N–H and O–H groups in total. The average Bonchev–Trinajstić information content (AvgIpc) is 3.22. The van der Waals surface area contributed by atoms with Crippen LogP contribution in [-0.2, 0) is 10.0 Å². The van der Waals surface area contributed by atoms with Gasteiger partial charge in [0, 0.05) is 17.4 Å². The first-order chi connectivity index (χ1) is 15.2. The Morgan fingerprint density at radius 2 is 1.97 bits per heavy atom. The molecule has 1 unspecified atom stereocenters. The zero-order valence-electron chi connectivity index (χ0n) is 16.7. The molecule has 1 atom stereocenters. The monoisotopic (exact) mass is 492 g/mol. The van der Waals surface area contributed by atoms with Crippen molar-refractivity contribution in [2.24, 2.45) is 0 Å². The van der Waals surface area contributed by atoms with Crippen LogP contribution in [0.25, 0.3) is 0 Å². The topological polar surface area (TPSA) is 90.5 Å². The van der Waals surface area contributed by atoms with Crippen LogP contribution in [0.4, 0.5) is 10.1 Å². The van der Waals surface area contributed by atoms with E-state index in [0.717, 1.165) is 0 Å². The van der Waals surface area contributed by atoms with Crippen molar-refractivity contribution in [2.75, 3.05) is 4.72 Å². The Labute approximate surface area is 194 Å². The van der Waals surface area contributed by atoms with E-state index in [0.29, 0.717) is 11.3 Å². The van der Waals surface area contributed by atoms with Crippen molar-refractivity contribution < 1.29 is 17.6 Å². The van der Waals surface area contributed by atoms with Gasteiger partial charge in [-0.05, 0) is 55.0 Å². The predicted octanol–water partition coefficient (Wildman–Crippen LogP) is 4.43. The highest BCUT2D eigenvalue weighted by Gasteiger charge is 2.30. The zero-order valence-corrected chi connectivity index (χ0v) is 19.1. The molecule has 7 nitrogen and oxygen atoms in total. The first-order valence-electron chi connectivity index (χ1n) is 9.44. The number of benzene rings is 2. The number of halogens is 2. The van der Waals surface area contributed by atoms with Gasteiger partial charge in [0.25, 0.3) is 15.9 Å². The summed E-state index contributed by atoms with van der Waals surface area (Å²) in [5, 5.41) is 3.06. The maximum absolute atomic E-state index is 13.2. The van der Waals surface area contributed by atoms with E-state index in [-0.39, 0.29) is 27.0 Å². The van der Waals surface area contributed by atoms with Crippen molar-refractivity contribution in [3.8, 4) is 0 Å². The van der Waals surface area contributed by atoms with Crippen LogP contribution in [0.15, 0.2) is 77.6 Å². The first kappa shape index (κ1) is 22.3. The minimum atomic E-state index is -4.03. The van der Waals surface area contributed by atoms with E-state index >= 15 is 0 Å². The summed E-state index contributed by atoms with van der Waals surface area (Å²) >= 11 is 7.31. The van der Waals surface area contributed by atoms with Crippen molar-refractivity contribution in [1.29, 1.82) is 0 Å². The number of hydrogen-bond donors (Lipinski definition) is 3. The van der Waals surface area contributed by atoms with Gasteiger partial charge in [0.1, 0.15) is 10.7 Å². The highest BCUT2D eigenvalue weighted by molar-refractivity contribution is 7.97. The van der Waals surface area contributed by atoms with Crippen molar-refractivity contribution >= 4 is 45.4 Å². The molecule has 0 bridgehead atoms. The molecule has 2 aromatic carbocycles. The summed E-state index contributed by atoms with van der Waals surface area (Å²) in [6.45, 7) is 1.75. The average molecular weight is 493 g/mol. The Morgan fingerprint density at radius 3 is 2.72 bits per heavy atom. The van der Waals surface area contributed by atoms with Gasteiger partial charge in [-0.15, -0.1) is 0 Å². The number of nitrogens with zero attached hydrogens (tertiary/aromatic N) is 1. The summed E-state index contributed by atoms with van der Waals surface area (Å²) in [6, 6.07) is 9.64. The van der Waals surface area contributed by atoms with Gasteiger partial charge in [-0.1, -0.05) is 23.7 Å². The second kappa shape index (κ2) is 8.89. The zero-order chi connectivity index (χ0) is 22.9. The SMILES string of the molecule is CC(NC(=O)c1ccc(Cl)cc1NS(=O)(=O)C1=CC=CN2SNC=C12)c1ccc(F)cc1. The quantitative estimate of drug-likeness (QED) is 0.517. The fraction of sp³-hybridized carbons (Fsp3) is 0.0952. The Hall–Kier alpha value is -2.95. The van der Waals surface area contributed by atoms with Gasteiger partial charge in [-0.3, -0.25) is 13.8 Å². The fourth-order valence-electron chi connectivity index (χ4n) is 3.17. The molecule has 0 saturated heterocycles. The third-order valence-electron chi connectivity index (χ3n) is 4.78. The third-order valence-corrected chi connectivity index (χ3v) is 7.17. The Morgan fingerprint density at radius 1 is 1.22 bits per heavy atom. The standard InChI is InChI=1S/C21H18ClFN4O3S2/c1-13(14-4-7-16(23)8-5-14)25-21(28)17-9-6-15(22)11-18(17)26-32(29,30)20-3-2-10-27-19(20)12-24-31-27/h2-13,24,26H,1H3,(H,25,28). The summed E-state index contributed by atoms with van der Waals surface area (Å²) < 4.78 is 46.5. The van der Waals surface area contributed by atoms with Crippen LogP contribution in [0.2, 0.25) is 5.02 Å². The number of allylic oxidation sites excluding steroid dienone is 2. The second-order valence-corrected chi connectivity index (χ2v) is 9.88. The lowest BCUT2D eigenvalue weighted by Crippen LogP contribution is -2.28. The number of sulfonamides is 1. The summed E-state index contributed by atoms with van der Waals surface area (Å²) in [6.07, 6.45) is 6.39. The minimum Gasteiger partial charge on any atom is -0.345 e. The highest BCUT2D eigenvalue weighted by atomic mass is 35.5. The van der Waals surface area contributed by atoms with Gasteiger partial charge in [0.2, 0.25) is 0 Å². The molecule has 166 valence electrons. The molecule has 1 amide bonds. The largest absolute Gasteiger partial charge is 0.345 e. The molecule has 2 aromatic rings. The molecule has 32 heavy (non-hydrogen) atoms. The second-order valence-electron chi connectivity index (χ2n) is 6.98. The van der Waals surface area contributed by atoms with Crippen LogP contribution in [0.5, 0.6) is 0 Å². The summed E-state index contributed by atoms with van der Waals surface area (Å²) in [4.78, 5) is 13.0. The lowest BCUT2D eigenvalue weighted by atomic mass is 10.1. The van der Waals surface area contributed by atoms with E-state index in [4.69, 9.17) is 11.6 Å². The summed E-state index contributed by atoms with van der Waals surface area (Å²) in [5.41, 5.74) is 1.31. The summed E-state index contributed by atoms with van der Waals surface area (Å²) in [7, 11) is -4.03. The van der Waals surface area contributed by atoms with Crippen molar-refractivity contribution in [3.63, 3.8) is 0 Å². The Balaban J connectivity index is 1.59. The van der Waals surface area contributed by atoms with E-state index in [9.17, 15) is 17.6 Å². The number of rotatable bonds is 6. The molecule has 2 aliphatic heterocycles. The maximum Gasteiger partial charge on any atom is 0.264 e. The molecular formula is C21H18ClFN4O3S2. The number of amides is 1. The summed E-state index contributed by atoms with van der Waals surface area (Å²) in [5.74, 6) is -0.884. The molecule has 0 aliphatic carbocycles. The predicted molar refractivity (Wildman–Crippen MR) is 124 cm³/mol. The molecular weight excluding hydrogens is 475 g/mol. The lowest BCUT2D eigenvalue weighted by Gasteiger charge is -2.21. The van der Waals surface area contributed by atoms with Gasteiger partial charge in [0.05, 0.1) is 35.1 Å². The normalized spacial score (nSPS) is 15.9. The molecule has 2 aliphatic rings. The maximum atomic E-state index is 13.2. The third kappa shape index (κ3) is 4.62. The van der Waals surface area contributed by atoms with Crippen molar-refractivity contribution in [1.82, 2.24) is 14.3 Å². The number of nitrogens with one attached hydrogen (secondary N) is 3. The van der Waals surface area contributed by atoms with Crippen LogP contribution in [0.1, 0.15) is 28.9 Å². The van der Waals surface area contributed by atoms with Crippen LogP contribution in [-0.4, -0.2) is 18.6 Å². The molecule has 0 fully saturated rings. The van der Waals surface area contributed by atoms with Crippen LogP contribution < -0.4 is 14.8 Å². The lowest BCUT2D eigenvalue weighted by molar-refractivity contribution is 0.0941. The van der Waals surface area contributed by atoms with Crippen molar-refractivity contribution in [2.45, 2.75) is 13.0 Å². The number of fused-ring (bicyclic) bond motifs is 1. The molecule has 0 radical (unpaired) electrons. The van der Waals surface area contributed by atoms with Crippen LogP contribution in [0, 0.1) is 5.82 Å². The van der Waals surface area contributed by atoms with Gasteiger partial charge in [-0.25, -0.2) is 12.8 Å². The Kier molecular flexibility index (Phi) is 6.18. The molecule has 0 aromatic heterocycles. The van der Waals surface area contributed by atoms with Crippen molar-refractivity contribution in [3.05, 3.63) is 99.6 Å².